The molecule has 1 aromatic rings. The van der Waals surface area contributed by atoms with Crippen molar-refractivity contribution in [2.45, 2.75) is 32.4 Å². The maximum atomic E-state index is 11.0. The van der Waals surface area contributed by atoms with Crippen molar-refractivity contribution in [2.24, 2.45) is 0 Å². The van der Waals surface area contributed by atoms with Crippen LogP contribution in [0.1, 0.15) is 30.1 Å². The molecule has 0 saturated carbocycles. The number of nitrogens with zero attached hydrogens (tertiary/aromatic N) is 2. The molecule has 7 heteroatoms. The second kappa shape index (κ2) is 5.38. The molecule has 0 radical (unpaired) electrons. The Kier molecular flexibility index (Phi) is 4.04. The standard InChI is InChI=1S/C11H18N2O4S/c1-9-10(8-17-18(2,14)15)7-13(12-9)11-3-5-16-6-4-11/h7,11H,3-6,8H2,1-2H3. The highest BCUT2D eigenvalue weighted by molar-refractivity contribution is 7.85. The van der Waals surface area contributed by atoms with Crippen LogP contribution in [-0.2, 0) is 25.6 Å². The molecule has 1 aliphatic rings. The summed E-state index contributed by atoms with van der Waals surface area (Å²) in [6, 6.07) is 0.337. The molecule has 1 aromatic heterocycles. The third-order valence-electron chi connectivity index (χ3n) is 3.01. The highest BCUT2D eigenvalue weighted by atomic mass is 32.2. The summed E-state index contributed by atoms with van der Waals surface area (Å²) in [6.07, 6.45) is 4.79. The van der Waals surface area contributed by atoms with Crippen molar-refractivity contribution in [3.63, 3.8) is 0 Å². The average molecular weight is 274 g/mol. The maximum absolute atomic E-state index is 11.0. The van der Waals surface area contributed by atoms with Crippen LogP contribution < -0.4 is 0 Å². The van der Waals surface area contributed by atoms with Crippen LogP contribution in [-0.4, -0.2) is 37.7 Å². The molecular weight excluding hydrogens is 256 g/mol. The molecule has 1 saturated heterocycles. The topological polar surface area (TPSA) is 70.4 Å². The number of rotatable bonds is 4. The SMILES string of the molecule is Cc1nn(C2CCOCC2)cc1COS(C)(=O)=O. The van der Waals surface area contributed by atoms with E-state index in [1.54, 1.807) is 0 Å². The minimum atomic E-state index is -3.41. The molecule has 0 amide bonds. The van der Waals surface area contributed by atoms with Crippen molar-refractivity contribution >= 4 is 10.1 Å². The van der Waals surface area contributed by atoms with Crippen molar-refractivity contribution in [1.82, 2.24) is 9.78 Å². The maximum Gasteiger partial charge on any atom is 0.264 e. The van der Waals surface area contributed by atoms with Crippen molar-refractivity contribution < 1.29 is 17.3 Å². The quantitative estimate of drug-likeness (QED) is 0.767. The number of hydrogen-bond acceptors (Lipinski definition) is 5. The van der Waals surface area contributed by atoms with Crippen LogP contribution in [0.5, 0.6) is 0 Å². The summed E-state index contributed by atoms with van der Waals surface area (Å²) in [5.74, 6) is 0. The predicted octanol–water partition coefficient (Wildman–Crippen LogP) is 1.02. The van der Waals surface area contributed by atoms with Gasteiger partial charge in [-0.05, 0) is 19.8 Å². The minimum absolute atomic E-state index is 0.0495. The van der Waals surface area contributed by atoms with E-state index in [4.69, 9.17) is 8.92 Å². The van der Waals surface area contributed by atoms with Gasteiger partial charge in [-0.25, -0.2) is 0 Å². The van der Waals surface area contributed by atoms with Gasteiger partial charge < -0.3 is 4.74 Å². The summed E-state index contributed by atoms with van der Waals surface area (Å²) in [7, 11) is -3.41. The van der Waals surface area contributed by atoms with Gasteiger partial charge in [-0.2, -0.15) is 13.5 Å². The number of aryl methyl sites for hydroxylation is 1. The fraction of sp³-hybridized carbons (Fsp3) is 0.727. The van der Waals surface area contributed by atoms with Crippen LogP contribution in [0, 0.1) is 6.92 Å². The number of ether oxygens (including phenoxy) is 1. The van der Waals surface area contributed by atoms with Gasteiger partial charge in [-0.15, -0.1) is 0 Å². The molecule has 0 aromatic carbocycles. The van der Waals surface area contributed by atoms with Crippen LogP contribution in [0.15, 0.2) is 6.20 Å². The molecule has 18 heavy (non-hydrogen) atoms. The van der Waals surface area contributed by atoms with Crippen LogP contribution >= 0.6 is 0 Å². The molecule has 0 aliphatic carbocycles. The van der Waals surface area contributed by atoms with Crippen molar-refractivity contribution in [1.29, 1.82) is 0 Å². The Balaban J connectivity index is 2.06. The monoisotopic (exact) mass is 274 g/mol. The van der Waals surface area contributed by atoms with Gasteiger partial charge in [0.15, 0.2) is 0 Å². The Morgan fingerprint density at radius 2 is 2.17 bits per heavy atom. The fourth-order valence-corrected chi connectivity index (χ4v) is 2.31. The van der Waals surface area contributed by atoms with Gasteiger partial charge in [0.05, 0.1) is 24.6 Å². The molecule has 1 fully saturated rings. The zero-order valence-electron chi connectivity index (χ0n) is 10.6. The summed E-state index contributed by atoms with van der Waals surface area (Å²) >= 11 is 0. The Morgan fingerprint density at radius 1 is 1.50 bits per heavy atom. The van der Waals surface area contributed by atoms with E-state index >= 15 is 0 Å². The molecule has 0 atom stereocenters. The smallest absolute Gasteiger partial charge is 0.264 e. The van der Waals surface area contributed by atoms with E-state index in [-0.39, 0.29) is 6.61 Å². The molecule has 2 rings (SSSR count). The van der Waals surface area contributed by atoms with Crippen molar-refractivity contribution in [3.8, 4) is 0 Å². The molecule has 0 unspecified atom stereocenters. The Bertz CT molecular complexity index is 503. The summed E-state index contributed by atoms with van der Waals surface area (Å²) in [4.78, 5) is 0. The van der Waals surface area contributed by atoms with Crippen molar-refractivity contribution in [3.05, 3.63) is 17.5 Å². The van der Waals surface area contributed by atoms with E-state index in [2.05, 4.69) is 5.10 Å². The van der Waals surface area contributed by atoms with E-state index in [1.165, 1.54) is 0 Å². The van der Waals surface area contributed by atoms with Gasteiger partial charge in [0, 0.05) is 25.0 Å². The van der Waals surface area contributed by atoms with Gasteiger partial charge >= 0.3 is 0 Å². The first kappa shape index (κ1) is 13.5. The average Bonchev–Trinajstić information content (AvgIpc) is 2.68. The first-order valence-corrected chi connectivity index (χ1v) is 7.74. The highest BCUT2D eigenvalue weighted by Crippen LogP contribution is 2.21. The van der Waals surface area contributed by atoms with Gasteiger partial charge in [0.25, 0.3) is 10.1 Å². The number of aromatic nitrogens is 2. The third-order valence-corrected chi connectivity index (χ3v) is 3.56. The largest absolute Gasteiger partial charge is 0.381 e. The van der Waals surface area contributed by atoms with Gasteiger partial charge in [0.1, 0.15) is 0 Å². The molecule has 2 heterocycles. The second-order valence-electron chi connectivity index (χ2n) is 4.53. The zero-order valence-corrected chi connectivity index (χ0v) is 11.4. The Labute approximate surface area is 107 Å². The van der Waals surface area contributed by atoms with Crippen LogP contribution in [0.4, 0.5) is 0 Å². The van der Waals surface area contributed by atoms with Gasteiger partial charge in [0.2, 0.25) is 0 Å². The van der Waals surface area contributed by atoms with E-state index < -0.39 is 10.1 Å². The van der Waals surface area contributed by atoms with E-state index in [0.717, 1.165) is 43.6 Å². The lowest BCUT2D eigenvalue weighted by atomic mass is 10.1. The van der Waals surface area contributed by atoms with Gasteiger partial charge in [-0.3, -0.25) is 8.86 Å². The Hall–Kier alpha value is -0.920. The van der Waals surface area contributed by atoms with E-state index in [0.29, 0.717) is 6.04 Å². The zero-order chi connectivity index (χ0) is 13.2. The molecule has 0 N–H and O–H groups in total. The second-order valence-corrected chi connectivity index (χ2v) is 6.17. The minimum Gasteiger partial charge on any atom is -0.381 e. The Morgan fingerprint density at radius 3 is 2.78 bits per heavy atom. The first-order chi connectivity index (χ1) is 8.46. The lowest BCUT2D eigenvalue weighted by molar-refractivity contribution is 0.0661. The van der Waals surface area contributed by atoms with Crippen LogP contribution in [0.3, 0.4) is 0 Å². The summed E-state index contributed by atoms with van der Waals surface area (Å²) in [5.41, 5.74) is 1.62. The molecule has 1 aliphatic heterocycles. The summed E-state index contributed by atoms with van der Waals surface area (Å²) in [6.45, 7) is 3.40. The predicted molar refractivity (Wildman–Crippen MR) is 65.7 cm³/mol. The molecule has 0 spiro atoms. The fourth-order valence-electron chi connectivity index (χ4n) is 1.97. The highest BCUT2D eigenvalue weighted by Gasteiger charge is 2.18. The lowest BCUT2D eigenvalue weighted by Crippen LogP contribution is -2.19. The van der Waals surface area contributed by atoms with Crippen LogP contribution in [0.2, 0.25) is 0 Å². The third kappa shape index (κ3) is 3.54. The van der Waals surface area contributed by atoms with Gasteiger partial charge in [-0.1, -0.05) is 0 Å². The van der Waals surface area contributed by atoms with Crippen LogP contribution in [0.25, 0.3) is 0 Å². The number of hydrogen-bond donors (Lipinski definition) is 0. The first-order valence-electron chi connectivity index (χ1n) is 5.92. The van der Waals surface area contributed by atoms with Crippen molar-refractivity contribution in [2.75, 3.05) is 19.5 Å². The lowest BCUT2D eigenvalue weighted by Gasteiger charge is -2.22. The summed E-state index contributed by atoms with van der Waals surface area (Å²) in [5, 5.41) is 4.42. The normalized spacial score (nSPS) is 18.1. The molecule has 6 nitrogen and oxygen atoms in total. The summed E-state index contributed by atoms with van der Waals surface area (Å²) < 4.78 is 33.9. The molecular formula is C11H18N2O4S. The van der Waals surface area contributed by atoms with E-state index in [1.807, 2.05) is 17.8 Å². The van der Waals surface area contributed by atoms with E-state index in [9.17, 15) is 8.42 Å². The molecule has 0 bridgehead atoms. The molecule has 102 valence electrons.